The summed E-state index contributed by atoms with van der Waals surface area (Å²) in [6, 6.07) is 16.7. The minimum absolute atomic E-state index is 0.0714. The maximum Gasteiger partial charge on any atom is 0.306 e. The molecule has 0 spiro atoms. The minimum atomic E-state index is -0.778. The molecule has 0 atom stereocenters. The van der Waals surface area contributed by atoms with Crippen LogP contribution in [-0.4, -0.2) is 32.8 Å². The standard InChI is InChI=1S/C23H23N3O4/c27-20(24-17-12-10-16(11-13-17)23(29)30)14-26-22(28)19-9-5-4-8-18(19)21(25-26)15-6-2-1-3-7-15/h1-9,16-17H,10-14H2,(H,24,27)(H,29,30). The SMILES string of the molecule is O=C(Cn1nc(-c2ccccc2)c2ccccc2c1=O)NC1CCC(C(=O)O)CC1. The molecule has 0 unspecified atom stereocenters. The Morgan fingerprint density at radius 2 is 1.60 bits per heavy atom. The van der Waals surface area contributed by atoms with Gasteiger partial charge in [0, 0.05) is 17.0 Å². The highest BCUT2D eigenvalue weighted by atomic mass is 16.4. The van der Waals surface area contributed by atoms with Crippen molar-refractivity contribution in [2.24, 2.45) is 5.92 Å². The maximum absolute atomic E-state index is 12.9. The Balaban J connectivity index is 1.57. The summed E-state index contributed by atoms with van der Waals surface area (Å²) in [5.74, 6) is -1.41. The Kier molecular flexibility index (Phi) is 5.61. The molecule has 4 rings (SSSR count). The minimum Gasteiger partial charge on any atom is -0.481 e. The second-order valence-electron chi connectivity index (χ2n) is 7.68. The fourth-order valence-corrected chi connectivity index (χ4v) is 4.05. The van der Waals surface area contributed by atoms with Gasteiger partial charge in [-0.1, -0.05) is 48.5 Å². The van der Waals surface area contributed by atoms with E-state index in [0.717, 1.165) is 10.9 Å². The van der Waals surface area contributed by atoms with Gasteiger partial charge in [0.1, 0.15) is 6.54 Å². The molecule has 154 valence electrons. The van der Waals surface area contributed by atoms with E-state index in [-0.39, 0.29) is 30.0 Å². The van der Waals surface area contributed by atoms with Crippen LogP contribution in [0.25, 0.3) is 22.0 Å². The predicted molar refractivity (Wildman–Crippen MR) is 113 cm³/mol. The van der Waals surface area contributed by atoms with Crippen LogP contribution in [0.5, 0.6) is 0 Å². The number of hydrogen-bond acceptors (Lipinski definition) is 4. The number of carbonyl (C=O) groups is 2. The van der Waals surface area contributed by atoms with Crippen molar-refractivity contribution in [1.82, 2.24) is 15.1 Å². The lowest BCUT2D eigenvalue weighted by Crippen LogP contribution is -2.42. The molecule has 30 heavy (non-hydrogen) atoms. The van der Waals surface area contributed by atoms with Crippen molar-refractivity contribution >= 4 is 22.6 Å². The number of fused-ring (bicyclic) bond motifs is 1. The molecule has 0 aliphatic heterocycles. The first-order valence-electron chi connectivity index (χ1n) is 10.1. The summed E-state index contributed by atoms with van der Waals surface area (Å²) in [6.07, 6.45) is 2.34. The van der Waals surface area contributed by atoms with Crippen molar-refractivity contribution in [3.8, 4) is 11.3 Å². The average Bonchev–Trinajstić information content (AvgIpc) is 2.76. The summed E-state index contributed by atoms with van der Waals surface area (Å²) in [6.45, 7) is -0.178. The summed E-state index contributed by atoms with van der Waals surface area (Å²) < 4.78 is 1.21. The monoisotopic (exact) mass is 405 g/mol. The Bertz CT molecular complexity index is 1130. The number of rotatable bonds is 5. The molecule has 1 amide bonds. The molecule has 0 bridgehead atoms. The van der Waals surface area contributed by atoms with Crippen LogP contribution >= 0.6 is 0 Å². The predicted octanol–water partition coefficient (Wildman–Crippen LogP) is 2.82. The Morgan fingerprint density at radius 1 is 0.967 bits per heavy atom. The number of benzene rings is 2. The van der Waals surface area contributed by atoms with Gasteiger partial charge in [0.25, 0.3) is 5.56 Å². The Hall–Kier alpha value is -3.48. The highest BCUT2D eigenvalue weighted by molar-refractivity contribution is 5.93. The molecular formula is C23H23N3O4. The van der Waals surface area contributed by atoms with E-state index in [4.69, 9.17) is 5.11 Å². The number of hydrogen-bond donors (Lipinski definition) is 2. The molecule has 0 radical (unpaired) electrons. The van der Waals surface area contributed by atoms with Crippen molar-refractivity contribution in [2.45, 2.75) is 38.3 Å². The van der Waals surface area contributed by atoms with Gasteiger partial charge in [0.05, 0.1) is 17.0 Å². The average molecular weight is 405 g/mol. The lowest BCUT2D eigenvalue weighted by atomic mass is 9.86. The van der Waals surface area contributed by atoms with Crippen LogP contribution in [0, 0.1) is 5.92 Å². The highest BCUT2D eigenvalue weighted by Crippen LogP contribution is 2.25. The van der Waals surface area contributed by atoms with E-state index in [9.17, 15) is 14.4 Å². The number of aromatic nitrogens is 2. The molecule has 2 N–H and O–H groups in total. The quantitative estimate of drug-likeness (QED) is 0.680. The number of amides is 1. The van der Waals surface area contributed by atoms with E-state index in [2.05, 4.69) is 10.4 Å². The van der Waals surface area contributed by atoms with Crippen LogP contribution in [0.2, 0.25) is 0 Å². The third kappa shape index (κ3) is 4.10. The van der Waals surface area contributed by atoms with Crippen LogP contribution in [-0.2, 0) is 16.1 Å². The number of carboxylic acids is 1. The zero-order valence-electron chi connectivity index (χ0n) is 16.5. The van der Waals surface area contributed by atoms with Crippen molar-refractivity contribution < 1.29 is 14.7 Å². The highest BCUT2D eigenvalue weighted by Gasteiger charge is 2.27. The van der Waals surface area contributed by atoms with Crippen LogP contribution in [0.1, 0.15) is 25.7 Å². The third-order valence-electron chi connectivity index (χ3n) is 5.65. The zero-order valence-corrected chi connectivity index (χ0v) is 16.5. The van der Waals surface area contributed by atoms with Gasteiger partial charge in [-0.3, -0.25) is 14.4 Å². The molecule has 1 aliphatic rings. The fraction of sp³-hybridized carbons (Fsp3) is 0.304. The van der Waals surface area contributed by atoms with E-state index in [0.29, 0.717) is 36.8 Å². The van der Waals surface area contributed by atoms with Gasteiger partial charge >= 0.3 is 5.97 Å². The third-order valence-corrected chi connectivity index (χ3v) is 5.65. The van der Waals surface area contributed by atoms with Gasteiger partial charge in [-0.2, -0.15) is 5.10 Å². The molecule has 7 nitrogen and oxygen atoms in total. The van der Waals surface area contributed by atoms with E-state index < -0.39 is 5.97 Å². The number of carbonyl (C=O) groups excluding carboxylic acids is 1. The Morgan fingerprint density at radius 3 is 2.27 bits per heavy atom. The second-order valence-corrected chi connectivity index (χ2v) is 7.68. The molecule has 1 aliphatic carbocycles. The smallest absolute Gasteiger partial charge is 0.306 e. The summed E-state index contributed by atoms with van der Waals surface area (Å²) in [4.78, 5) is 36.6. The molecule has 1 heterocycles. The second kappa shape index (κ2) is 8.49. The maximum atomic E-state index is 12.9. The van der Waals surface area contributed by atoms with Crippen LogP contribution in [0.3, 0.4) is 0 Å². The van der Waals surface area contributed by atoms with E-state index in [1.807, 2.05) is 42.5 Å². The van der Waals surface area contributed by atoms with Crippen molar-refractivity contribution in [3.63, 3.8) is 0 Å². The first-order chi connectivity index (χ1) is 14.5. The van der Waals surface area contributed by atoms with Gasteiger partial charge in [-0.15, -0.1) is 0 Å². The van der Waals surface area contributed by atoms with Crippen molar-refractivity contribution in [1.29, 1.82) is 0 Å². The van der Waals surface area contributed by atoms with Gasteiger partial charge in [-0.05, 0) is 31.7 Å². The zero-order chi connectivity index (χ0) is 21.1. The first-order valence-corrected chi connectivity index (χ1v) is 10.1. The number of carboxylic acid groups (broad SMARTS) is 1. The number of nitrogens with one attached hydrogen (secondary N) is 1. The molecule has 3 aromatic rings. The van der Waals surface area contributed by atoms with Gasteiger partial charge in [0.2, 0.25) is 5.91 Å². The molecule has 0 saturated heterocycles. The molecule has 1 fully saturated rings. The molecular weight excluding hydrogens is 382 g/mol. The molecule has 7 heteroatoms. The fourth-order valence-electron chi connectivity index (χ4n) is 4.05. The van der Waals surface area contributed by atoms with Gasteiger partial charge in [0.15, 0.2) is 0 Å². The Labute approximate surface area is 173 Å². The van der Waals surface area contributed by atoms with E-state index >= 15 is 0 Å². The van der Waals surface area contributed by atoms with Crippen LogP contribution in [0.15, 0.2) is 59.4 Å². The van der Waals surface area contributed by atoms with Crippen LogP contribution in [0.4, 0.5) is 0 Å². The first kappa shape index (κ1) is 19.8. The topological polar surface area (TPSA) is 101 Å². The number of nitrogens with zero attached hydrogens (tertiary/aromatic N) is 2. The van der Waals surface area contributed by atoms with E-state index in [1.54, 1.807) is 12.1 Å². The summed E-state index contributed by atoms with van der Waals surface area (Å²) in [5, 5.41) is 17.8. The molecule has 2 aromatic carbocycles. The van der Waals surface area contributed by atoms with Crippen molar-refractivity contribution in [2.75, 3.05) is 0 Å². The van der Waals surface area contributed by atoms with Crippen LogP contribution < -0.4 is 10.9 Å². The van der Waals surface area contributed by atoms with Gasteiger partial charge in [-0.25, -0.2) is 4.68 Å². The largest absolute Gasteiger partial charge is 0.481 e. The lowest BCUT2D eigenvalue weighted by Gasteiger charge is -2.26. The molecule has 1 aromatic heterocycles. The number of aliphatic carboxylic acids is 1. The molecule has 1 saturated carbocycles. The summed E-state index contributed by atoms with van der Waals surface area (Å²) in [5.41, 5.74) is 1.21. The lowest BCUT2D eigenvalue weighted by molar-refractivity contribution is -0.142. The van der Waals surface area contributed by atoms with Crippen molar-refractivity contribution in [3.05, 3.63) is 65.0 Å². The summed E-state index contributed by atoms with van der Waals surface area (Å²) >= 11 is 0. The normalized spacial score (nSPS) is 18.8. The van der Waals surface area contributed by atoms with Gasteiger partial charge < -0.3 is 10.4 Å². The van der Waals surface area contributed by atoms with E-state index in [1.165, 1.54) is 4.68 Å². The summed E-state index contributed by atoms with van der Waals surface area (Å²) in [7, 11) is 0.